The molecular weight excluding hydrogens is 363 g/mol. The quantitative estimate of drug-likeness (QED) is 0.775. The van der Waals surface area contributed by atoms with Crippen LogP contribution >= 0.6 is 11.8 Å². The Balaban J connectivity index is 1.48. The molecule has 2 N–H and O–H groups in total. The molecule has 2 aliphatic carbocycles. The number of hydrogen-bond donors (Lipinski definition) is 2. The van der Waals surface area contributed by atoms with Crippen LogP contribution in [0, 0.1) is 5.92 Å². The first-order valence-electron chi connectivity index (χ1n) is 10.1. The second kappa shape index (κ2) is 8.69. The molecule has 4 aliphatic rings. The molecule has 1 unspecified atom stereocenters. The zero-order valence-corrected chi connectivity index (χ0v) is 16.4. The number of hydrogen-bond acceptors (Lipinski definition) is 5. The Kier molecular flexibility index (Phi) is 6.08. The van der Waals surface area contributed by atoms with E-state index in [2.05, 4.69) is 15.6 Å². The number of thioether (sulfide) groups is 1. The second-order valence-electron chi connectivity index (χ2n) is 7.69. The molecule has 1 amide bonds. The van der Waals surface area contributed by atoms with Crippen LogP contribution in [0.4, 0.5) is 4.39 Å². The first-order chi connectivity index (χ1) is 13.2. The van der Waals surface area contributed by atoms with E-state index in [1.54, 1.807) is 6.08 Å². The summed E-state index contributed by atoms with van der Waals surface area (Å²) in [5.74, 6) is -0.391. The summed E-state index contributed by atoms with van der Waals surface area (Å²) < 4.78 is 14.6. The Labute approximate surface area is 164 Å². The highest BCUT2D eigenvalue weighted by atomic mass is 32.2. The maximum atomic E-state index is 14.6. The number of rotatable bonds is 4. The van der Waals surface area contributed by atoms with Crippen LogP contribution in [0.1, 0.15) is 44.9 Å². The van der Waals surface area contributed by atoms with Gasteiger partial charge in [0.25, 0.3) is 0 Å². The topological polar surface area (TPSA) is 65.8 Å². The van der Waals surface area contributed by atoms with Gasteiger partial charge in [0.05, 0.1) is 23.2 Å². The summed E-state index contributed by atoms with van der Waals surface area (Å²) in [4.78, 5) is 21.7. The predicted octanol–water partition coefficient (Wildman–Crippen LogP) is 3.14. The van der Waals surface area contributed by atoms with E-state index < -0.39 is 11.7 Å². The van der Waals surface area contributed by atoms with Crippen LogP contribution in [0.3, 0.4) is 0 Å². The Morgan fingerprint density at radius 3 is 2.70 bits per heavy atom. The fourth-order valence-electron chi connectivity index (χ4n) is 4.12. The van der Waals surface area contributed by atoms with Crippen molar-refractivity contribution in [1.82, 2.24) is 10.6 Å². The van der Waals surface area contributed by atoms with Crippen molar-refractivity contribution in [3.05, 3.63) is 23.7 Å². The third kappa shape index (κ3) is 4.69. The van der Waals surface area contributed by atoms with Gasteiger partial charge in [0.1, 0.15) is 17.6 Å². The summed E-state index contributed by atoms with van der Waals surface area (Å²) >= 11 is 1.82. The highest BCUT2D eigenvalue weighted by Gasteiger charge is 2.35. The summed E-state index contributed by atoms with van der Waals surface area (Å²) in [6, 6.07) is 0.266. The van der Waals surface area contributed by atoms with Crippen LogP contribution in [-0.2, 0) is 4.79 Å². The Bertz CT molecular complexity index is 703. The van der Waals surface area contributed by atoms with Gasteiger partial charge < -0.3 is 10.6 Å². The van der Waals surface area contributed by atoms with Crippen molar-refractivity contribution in [2.24, 2.45) is 15.9 Å². The minimum atomic E-state index is -0.914. The average molecular weight is 391 g/mol. The van der Waals surface area contributed by atoms with Crippen molar-refractivity contribution in [3.63, 3.8) is 0 Å². The lowest BCUT2D eigenvalue weighted by Gasteiger charge is -2.27. The van der Waals surface area contributed by atoms with Gasteiger partial charge in [0.15, 0.2) is 0 Å². The standard InChI is InChI=1S/C20H27FN4OS/c21-16-10-14(23-13-4-2-1-3-5-13)11-17-19(16)20(26)25-18(24-17)12-27-15-6-8-22-9-7-15/h10-11,13,15,19,22H,1-9,12H2,(H,24,25,26). The number of allylic oxidation sites excluding steroid dienone is 2. The molecule has 0 radical (unpaired) electrons. The third-order valence-electron chi connectivity index (χ3n) is 5.60. The highest BCUT2D eigenvalue weighted by molar-refractivity contribution is 8.00. The predicted molar refractivity (Wildman–Crippen MR) is 109 cm³/mol. The van der Waals surface area contributed by atoms with Crippen LogP contribution in [0.15, 0.2) is 33.7 Å². The van der Waals surface area contributed by atoms with Gasteiger partial charge in [-0.15, -0.1) is 0 Å². The Morgan fingerprint density at radius 1 is 1.15 bits per heavy atom. The van der Waals surface area contributed by atoms with Crippen molar-refractivity contribution >= 4 is 29.2 Å². The first-order valence-corrected chi connectivity index (χ1v) is 11.1. The summed E-state index contributed by atoms with van der Waals surface area (Å²) in [6.45, 7) is 2.08. The molecule has 2 heterocycles. The molecule has 1 saturated heterocycles. The number of fused-ring (bicyclic) bond motifs is 1. The van der Waals surface area contributed by atoms with E-state index in [0.29, 0.717) is 28.2 Å². The molecular formula is C20H27FN4OS. The molecule has 27 heavy (non-hydrogen) atoms. The lowest BCUT2D eigenvalue weighted by molar-refractivity contribution is -0.122. The number of halogens is 1. The number of nitrogens with one attached hydrogen (secondary N) is 2. The summed E-state index contributed by atoms with van der Waals surface area (Å²) in [5, 5.41) is 6.74. The SMILES string of the molecule is O=C1NC(CSC2CCNCC2)=NC2=CC(=NC3CCCCC3)C=C(F)C12. The van der Waals surface area contributed by atoms with E-state index >= 15 is 0 Å². The minimum absolute atomic E-state index is 0.266. The lowest BCUT2D eigenvalue weighted by Crippen LogP contribution is -2.43. The molecule has 5 nitrogen and oxygen atoms in total. The van der Waals surface area contributed by atoms with E-state index in [1.807, 2.05) is 11.8 Å². The van der Waals surface area contributed by atoms with Gasteiger partial charge in [-0.05, 0) is 50.9 Å². The molecule has 2 aliphatic heterocycles. The fraction of sp³-hybridized carbons (Fsp3) is 0.650. The maximum absolute atomic E-state index is 14.6. The summed E-state index contributed by atoms with van der Waals surface area (Å²) in [6.07, 6.45) is 11.2. The van der Waals surface area contributed by atoms with E-state index in [0.717, 1.165) is 38.8 Å². The highest BCUT2D eigenvalue weighted by Crippen LogP contribution is 2.31. The summed E-state index contributed by atoms with van der Waals surface area (Å²) in [5.41, 5.74) is 1.11. The van der Waals surface area contributed by atoms with Gasteiger partial charge in [-0.1, -0.05) is 19.3 Å². The average Bonchev–Trinajstić information content (AvgIpc) is 2.67. The smallest absolute Gasteiger partial charge is 0.241 e. The van der Waals surface area contributed by atoms with Gasteiger partial charge in [0.2, 0.25) is 5.91 Å². The molecule has 4 rings (SSSR count). The van der Waals surface area contributed by atoms with Gasteiger partial charge in [-0.3, -0.25) is 9.79 Å². The Morgan fingerprint density at radius 2 is 1.93 bits per heavy atom. The summed E-state index contributed by atoms with van der Waals surface area (Å²) in [7, 11) is 0. The minimum Gasteiger partial charge on any atom is -0.317 e. The maximum Gasteiger partial charge on any atom is 0.241 e. The zero-order valence-electron chi connectivity index (χ0n) is 15.5. The second-order valence-corrected chi connectivity index (χ2v) is 8.97. The van der Waals surface area contributed by atoms with Gasteiger partial charge in [-0.25, -0.2) is 9.38 Å². The van der Waals surface area contributed by atoms with Crippen molar-refractivity contribution in [3.8, 4) is 0 Å². The molecule has 146 valence electrons. The monoisotopic (exact) mass is 390 g/mol. The number of amides is 1. The molecule has 2 fully saturated rings. The van der Waals surface area contributed by atoms with Crippen LogP contribution in [0.25, 0.3) is 0 Å². The van der Waals surface area contributed by atoms with Gasteiger partial charge >= 0.3 is 0 Å². The van der Waals surface area contributed by atoms with Gasteiger partial charge in [0, 0.05) is 5.25 Å². The Hall–Kier alpha value is -1.47. The molecule has 1 saturated carbocycles. The van der Waals surface area contributed by atoms with E-state index in [4.69, 9.17) is 4.99 Å². The van der Waals surface area contributed by atoms with E-state index in [-0.39, 0.29) is 11.9 Å². The number of aliphatic imine (C=N–C) groups is 2. The molecule has 1 atom stereocenters. The van der Waals surface area contributed by atoms with Crippen LogP contribution in [0.5, 0.6) is 0 Å². The molecule has 0 aromatic heterocycles. The first kappa shape index (κ1) is 18.9. The number of amidine groups is 1. The van der Waals surface area contributed by atoms with Crippen molar-refractivity contribution in [2.45, 2.75) is 56.2 Å². The van der Waals surface area contributed by atoms with E-state index in [9.17, 15) is 9.18 Å². The molecule has 0 bridgehead atoms. The van der Waals surface area contributed by atoms with E-state index in [1.165, 1.54) is 25.3 Å². The fourth-order valence-corrected chi connectivity index (χ4v) is 5.22. The molecule has 7 heteroatoms. The van der Waals surface area contributed by atoms with Crippen LogP contribution in [-0.4, -0.2) is 47.6 Å². The molecule has 0 spiro atoms. The number of nitrogens with zero attached hydrogens (tertiary/aromatic N) is 2. The number of carbonyl (C=O) groups is 1. The number of carbonyl (C=O) groups excluding carboxylic acids is 1. The van der Waals surface area contributed by atoms with Crippen LogP contribution < -0.4 is 10.6 Å². The zero-order chi connectivity index (χ0) is 18.6. The third-order valence-corrected chi connectivity index (χ3v) is 6.98. The lowest BCUT2D eigenvalue weighted by atomic mass is 9.93. The van der Waals surface area contributed by atoms with Crippen molar-refractivity contribution in [1.29, 1.82) is 0 Å². The molecule has 0 aromatic rings. The van der Waals surface area contributed by atoms with Gasteiger partial charge in [-0.2, -0.15) is 11.8 Å². The molecule has 0 aromatic carbocycles. The van der Waals surface area contributed by atoms with Crippen molar-refractivity contribution < 1.29 is 9.18 Å². The van der Waals surface area contributed by atoms with Crippen molar-refractivity contribution in [2.75, 3.05) is 18.8 Å². The largest absolute Gasteiger partial charge is 0.317 e. The van der Waals surface area contributed by atoms with Crippen LogP contribution in [0.2, 0.25) is 0 Å². The number of piperidine rings is 1. The normalized spacial score (nSPS) is 28.9.